The van der Waals surface area contributed by atoms with Gasteiger partial charge in [0.1, 0.15) is 23.9 Å². The van der Waals surface area contributed by atoms with Gasteiger partial charge < -0.3 is 10.1 Å². The first-order chi connectivity index (χ1) is 17.0. The van der Waals surface area contributed by atoms with Crippen molar-refractivity contribution in [2.45, 2.75) is 25.9 Å². The Hall–Kier alpha value is -2.77. The van der Waals surface area contributed by atoms with E-state index >= 15 is 0 Å². The van der Waals surface area contributed by atoms with Crippen molar-refractivity contribution in [2.75, 3.05) is 13.6 Å². The van der Waals surface area contributed by atoms with Gasteiger partial charge >= 0.3 is 0 Å². The van der Waals surface area contributed by atoms with Crippen LogP contribution in [0.1, 0.15) is 22.9 Å². The van der Waals surface area contributed by atoms with Crippen LogP contribution in [0.4, 0.5) is 0 Å². The van der Waals surface area contributed by atoms with Gasteiger partial charge in [-0.15, -0.1) is 22.7 Å². The van der Waals surface area contributed by atoms with E-state index in [1.54, 1.807) is 29.6 Å². The fourth-order valence-corrected chi connectivity index (χ4v) is 6.29. The largest absolute Gasteiger partial charge is 0.487 e. The number of benzene rings is 2. The molecule has 1 atom stereocenters. The third kappa shape index (κ3) is 6.27. The number of fused-ring (bicyclic) bond motifs is 2. The summed E-state index contributed by atoms with van der Waals surface area (Å²) in [5.74, 6) is 0.995. The molecule has 0 aliphatic carbocycles. The molecule has 2 aromatic heterocycles. The van der Waals surface area contributed by atoms with E-state index < -0.39 is 0 Å². The molecule has 0 saturated heterocycles. The maximum absolute atomic E-state index is 11.2. The van der Waals surface area contributed by atoms with Crippen molar-refractivity contribution in [1.82, 2.24) is 5.32 Å². The summed E-state index contributed by atoms with van der Waals surface area (Å²) in [4.78, 5) is 23.6. The number of nitrogens with one attached hydrogen (secondary N) is 1. The van der Waals surface area contributed by atoms with Gasteiger partial charge in [0.2, 0.25) is 0 Å². The lowest BCUT2D eigenvalue weighted by atomic mass is 10.1. The molecule has 7 heteroatoms. The zero-order chi connectivity index (χ0) is 24.8. The molecule has 3 heterocycles. The number of aldehydes is 1. The SMILES string of the molecule is CNCC1Cc2cc(-c3ccc(CC(C)=O)s3)cc(Cl)c2O1.O=C/C=C/c1csc2ccccc12. The fraction of sp³-hybridized carbons (Fsp3) is 0.214. The summed E-state index contributed by atoms with van der Waals surface area (Å²) in [6.45, 7) is 2.42. The van der Waals surface area contributed by atoms with Crippen LogP contribution in [-0.4, -0.2) is 31.8 Å². The molecule has 1 unspecified atom stereocenters. The summed E-state index contributed by atoms with van der Waals surface area (Å²) in [6, 6.07) is 16.4. The Labute approximate surface area is 218 Å². The maximum Gasteiger partial charge on any atom is 0.142 e. The number of allylic oxidation sites excluding steroid dienone is 1. The van der Waals surface area contributed by atoms with E-state index in [0.717, 1.165) is 51.4 Å². The highest BCUT2D eigenvalue weighted by atomic mass is 35.5. The number of thiophene rings is 2. The Kier molecular flexibility index (Phi) is 8.52. The molecule has 0 saturated carbocycles. The number of Topliss-reactive ketones (excluding diaryl/α,β-unsaturated/α-hetero) is 1. The summed E-state index contributed by atoms with van der Waals surface area (Å²) in [5, 5.41) is 7.07. The van der Waals surface area contributed by atoms with Crippen LogP contribution in [0.3, 0.4) is 0 Å². The van der Waals surface area contributed by atoms with Crippen molar-refractivity contribution in [1.29, 1.82) is 0 Å². The topological polar surface area (TPSA) is 55.4 Å². The van der Waals surface area contributed by atoms with E-state index in [-0.39, 0.29) is 11.9 Å². The number of halogens is 1. The van der Waals surface area contributed by atoms with E-state index in [1.807, 2.05) is 37.4 Å². The number of hydrogen-bond acceptors (Lipinski definition) is 6. The van der Waals surface area contributed by atoms with Crippen molar-refractivity contribution in [3.63, 3.8) is 0 Å². The van der Waals surface area contributed by atoms with Crippen molar-refractivity contribution >= 4 is 62.5 Å². The lowest BCUT2D eigenvalue weighted by molar-refractivity contribution is -0.116. The molecular formula is C28H26ClNO3S2. The highest BCUT2D eigenvalue weighted by Crippen LogP contribution is 2.41. The summed E-state index contributed by atoms with van der Waals surface area (Å²) in [6.07, 6.45) is 5.67. The molecule has 1 N–H and O–H groups in total. The minimum atomic E-state index is 0.143. The molecule has 1 aliphatic rings. The Morgan fingerprint density at radius 2 is 2.06 bits per heavy atom. The maximum atomic E-state index is 11.2. The third-order valence-corrected chi connectivity index (χ3v) is 7.92. The molecule has 180 valence electrons. The zero-order valence-electron chi connectivity index (χ0n) is 19.5. The predicted molar refractivity (Wildman–Crippen MR) is 148 cm³/mol. The van der Waals surface area contributed by atoms with Crippen LogP contribution in [-0.2, 0) is 22.4 Å². The van der Waals surface area contributed by atoms with Crippen molar-refractivity contribution in [3.05, 3.63) is 81.0 Å². The molecule has 35 heavy (non-hydrogen) atoms. The molecule has 1 aliphatic heterocycles. The standard InChI is InChI=1S/C17H18ClNO2S.C11H8OS/c1-10(20)5-14-3-4-16(22-14)11-6-12-7-13(9-19-2)21-17(12)15(18)8-11;12-7-3-4-9-8-13-11-6-2-1-5-10(9)11/h3-4,6,8,13,19H,5,7,9H2,1-2H3;1-8H/b;4-3+. The second-order valence-corrected chi connectivity index (χ2v) is 10.8. The van der Waals surface area contributed by atoms with Crippen LogP contribution in [0.25, 0.3) is 26.6 Å². The minimum Gasteiger partial charge on any atom is -0.487 e. The first kappa shape index (κ1) is 25.3. The van der Waals surface area contributed by atoms with Crippen LogP contribution < -0.4 is 10.1 Å². The highest BCUT2D eigenvalue weighted by molar-refractivity contribution is 7.17. The van der Waals surface area contributed by atoms with Gasteiger partial charge in [-0.05, 0) is 72.3 Å². The average Bonchev–Trinajstić information content (AvgIpc) is 3.56. The van der Waals surface area contributed by atoms with Crippen LogP contribution in [0.2, 0.25) is 5.02 Å². The number of hydrogen-bond donors (Lipinski definition) is 1. The second-order valence-electron chi connectivity index (χ2n) is 8.28. The van der Waals surface area contributed by atoms with Crippen LogP contribution >= 0.6 is 34.3 Å². The first-order valence-electron chi connectivity index (χ1n) is 11.3. The molecule has 0 bridgehead atoms. The van der Waals surface area contributed by atoms with E-state index in [9.17, 15) is 9.59 Å². The first-order valence-corrected chi connectivity index (χ1v) is 13.4. The normalized spacial score (nSPS) is 14.4. The summed E-state index contributed by atoms with van der Waals surface area (Å²) < 4.78 is 7.15. The van der Waals surface area contributed by atoms with E-state index in [1.165, 1.54) is 16.2 Å². The van der Waals surface area contributed by atoms with Gasteiger partial charge in [0.25, 0.3) is 0 Å². The van der Waals surface area contributed by atoms with Gasteiger partial charge in [-0.1, -0.05) is 35.9 Å². The number of ether oxygens (including phenoxy) is 1. The predicted octanol–water partition coefficient (Wildman–Crippen LogP) is 6.84. The molecule has 4 aromatic rings. The van der Waals surface area contributed by atoms with Gasteiger partial charge in [0.05, 0.1) is 5.02 Å². The zero-order valence-corrected chi connectivity index (χ0v) is 21.9. The third-order valence-electron chi connectivity index (χ3n) is 5.52. The Bertz CT molecular complexity index is 1370. The molecule has 0 radical (unpaired) electrons. The van der Waals surface area contributed by atoms with Gasteiger partial charge in [0.15, 0.2) is 0 Å². The van der Waals surface area contributed by atoms with Crippen LogP contribution in [0.5, 0.6) is 5.75 Å². The van der Waals surface area contributed by atoms with Crippen LogP contribution in [0, 0.1) is 0 Å². The lowest BCUT2D eigenvalue weighted by Gasteiger charge is -2.09. The molecule has 5 rings (SSSR count). The van der Waals surface area contributed by atoms with Gasteiger partial charge in [-0.25, -0.2) is 0 Å². The molecule has 0 amide bonds. The monoisotopic (exact) mass is 523 g/mol. The molecular weight excluding hydrogens is 498 g/mol. The molecule has 0 fully saturated rings. The Balaban J connectivity index is 0.000000189. The molecule has 2 aromatic carbocycles. The van der Waals surface area contributed by atoms with Crippen molar-refractivity contribution < 1.29 is 14.3 Å². The Morgan fingerprint density at radius 3 is 2.83 bits per heavy atom. The van der Waals surface area contributed by atoms with Gasteiger partial charge in [0, 0.05) is 39.4 Å². The number of carbonyl (C=O) groups excluding carboxylic acids is 2. The molecule has 0 spiro atoms. The minimum absolute atomic E-state index is 0.143. The average molecular weight is 524 g/mol. The van der Waals surface area contributed by atoms with E-state index in [2.05, 4.69) is 35.0 Å². The highest BCUT2D eigenvalue weighted by Gasteiger charge is 2.25. The van der Waals surface area contributed by atoms with Gasteiger partial charge in [-0.2, -0.15) is 0 Å². The second kappa shape index (κ2) is 11.8. The number of ketones is 1. The molecule has 4 nitrogen and oxygen atoms in total. The number of likely N-dealkylation sites (N-methyl/N-ethyl adjacent to an activating group) is 1. The summed E-state index contributed by atoms with van der Waals surface area (Å²) >= 11 is 9.73. The summed E-state index contributed by atoms with van der Waals surface area (Å²) in [7, 11) is 1.92. The Morgan fingerprint density at radius 1 is 1.23 bits per heavy atom. The lowest BCUT2D eigenvalue weighted by Crippen LogP contribution is -2.27. The van der Waals surface area contributed by atoms with E-state index in [0.29, 0.717) is 11.4 Å². The summed E-state index contributed by atoms with van der Waals surface area (Å²) in [5.41, 5.74) is 3.37. The van der Waals surface area contributed by atoms with Crippen molar-refractivity contribution in [3.8, 4) is 16.2 Å². The quantitative estimate of drug-likeness (QED) is 0.213. The van der Waals surface area contributed by atoms with Crippen molar-refractivity contribution in [2.24, 2.45) is 0 Å². The van der Waals surface area contributed by atoms with Gasteiger partial charge in [-0.3, -0.25) is 9.59 Å². The van der Waals surface area contributed by atoms with Crippen LogP contribution in [0.15, 0.2) is 60.0 Å². The van der Waals surface area contributed by atoms with E-state index in [4.69, 9.17) is 16.3 Å². The number of carbonyl (C=O) groups is 2. The number of rotatable bonds is 7. The fourth-order valence-electron chi connectivity index (χ4n) is 4.02. The smallest absolute Gasteiger partial charge is 0.142 e.